The number of hydrogen-bond acceptors (Lipinski definition) is 1. The number of aromatic hydroxyl groups is 1. The van der Waals surface area contributed by atoms with Crippen LogP contribution in [-0.2, 0) is 6.42 Å². The van der Waals surface area contributed by atoms with Crippen molar-refractivity contribution in [3.8, 4) is 39.1 Å². The zero-order valence-electron chi connectivity index (χ0n) is 40.7. The van der Waals surface area contributed by atoms with Crippen molar-refractivity contribution in [1.82, 2.24) is 4.98 Å². The summed E-state index contributed by atoms with van der Waals surface area (Å²) in [5.41, 5.74) is 16.1. The quantitative estimate of drug-likeness (QED) is 0.170. The first-order valence-electron chi connectivity index (χ1n) is 24.6. The van der Waals surface area contributed by atoms with Gasteiger partial charge < -0.3 is 10.1 Å². The monoisotopic (exact) mass is 895 g/mol. The number of benzene rings is 11. The molecule has 2 N–H and O–H groups in total. The Bertz CT molecular complexity index is 3480. The van der Waals surface area contributed by atoms with Crippen LogP contribution in [-0.4, -0.2) is 10.1 Å². The SMILES string of the molecule is CC.CC(C)c1ccc(-c2ccccc2)cc1.CC(C)c1ccc(-c2ccccc2)cc1.Oc1ccc2ccc3cccc4ccc1c2c34.c1ccc2c(c1)Cc1cc3c(cc1-2)[nH]c1ccccc13. The van der Waals surface area contributed by atoms with Crippen LogP contribution in [0.3, 0.4) is 0 Å². The number of phenols is 1. The second-order valence-electron chi connectivity index (χ2n) is 18.3. The maximum Gasteiger partial charge on any atom is 0.123 e. The van der Waals surface area contributed by atoms with Gasteiger partial charge >= 0.3 is 0 Å². The van der Waals surface area contributed by atoms with Crippen molar-refractivity contribution in [2.75, 3.05) is 0 Å². The first-order valence-corrected chi connectivity index (χ1v) is 24.6. The first kappa shape index (κ1) is 46.2. The van der Waals surface area contributed by atoms with E-state index in [2.05, 4.69) is 227 Å². The Morgan fingerprint density at radius 2 is 0.855 bits per heavy atom. The number of hydrogen-bond donors (Lipinski definition) is 2. The topological polar surface area (TPSA) is 36.0 Å². The highest BCUT2D eigenvalue weighted by Crippen LogP contribution is 2.41. The second kappa shape index (κ2) is 20.9. The predicted octanol–water partition coefficient (Wildman–Crippen LogP) is 19.2. The molecule has 11 aromatic carbocycles. The third kappa shape index (κ3) is 9.89. The van der Waals surface area contributed by atoms with Crippen LogP contribution in [0, 0.1) is 0 Å². The smallest absolute Gasteiger partial charge is 0.123 e. The normalized spacial score (nSPS) is 11.3. The zero-order chi connectivity index (χ0) is 47.9. The lowest BCUT2D eigenvalue weighted by Crippen LogP contribution is -1.86. The molecule has 1 aromatic heterocycles. The molecule has 2 nitrogen and oxygen atoms in total. The summed E-state index contributed by atoms with van der Waals surface area (Å²) in [5.74, 6) is 1.57. The fourth-order valence-electron chi connectivity index (χ4n) is 9.58. The van der Waals surface area contributed by atoms with Crippen molar-refractivity contribution in [1.29, 1.82) is 0 Å². The first-order chi connectivity index (χ1) is 33.8. The summed E-state index contributed by atoms with van der Waals surface area (Å²) in [6.45, 7) is 12.9. The van der Waals surface area contributed by atoms with E-state index in [1.54, 1.807) is 6.07 Å². The predicted molar refractivity (Wildman–Crippen MR) is 299 cm³/mol. The van der Waals surface area contributed by atoms with Crippen molar-refractivity contribution >= 4 is 54.1 Å². The van der Waals surface area contributed by atoms with Crippen LogP contribution in [0.4, 0.5) is 0 Å². The molecule has 0 atom stereocenters. The van der Waals surface area contributed by atoms with Gasteiger partial charge in [0, 0.05) is 32.6 Å². The Balaban J connectivity index is 0.000000114. The highest BCUT2D eigenvalue weighted by Gasteiger charge is 2.19. The summed E-state index contributed by atoms with van der Waals surface area (Å²) >= 11 is 0. The Morgan fingerprint density at radius 3 is 1.45 bits per heavy atom. The van der Waals surface area contributed by atoms with Crippen molar-refractivity contribution in [3.05, 3.63) is 247 Å². The maximum atomic E-state index is 9.95. The van der Waals surface area contributed by atoms with E-state index in [4.69, 9.17) is 0 Å². The molecule has 0 amide bonds. The maximum absolute atomic E-state index is 9.95. The van der Waals surface area contributed by atoms with Crippen molar-refractivity contribution in [2.24, 2.45) is 0 Å². The van der Waals surface area contributed by atoms with Gasteiger partial charge in [-0.2, -0.15) is 0 Å². The number of aromatic amines is 1. The van der Waals surface area contributed by atoms with Crippen LogP contribution in [0.15, 0.2) is 224 Å². The summed E-state index contributed by atoms with van der Waals surface area (Å²) in [4.78, 5) is 3.54. The van der Waals surface area contributed by atoms with Crippen molar-refractivity contribution in [2.45, 2.75) is 59.8 Å². The largest absolute Gasteiger partial charge is 0.507 e. The number of fused-ring (bicyclic) bond motifs is 6. The Hall–Kier alpha value is -7.94. The number of aromatic nitrogens is 1. The number of phenolic OH excluding ortho intramolecular Hbond substituents is 1. The van der Waals surface area contributed by atoms with E-state index >= 15 is 0 Å². The van der Waals surface area contributed by atoms with Crippen molar-refractivity contribution in [3.63, 3.8) is 0 Å². The van der Waals surface area contributed by atoms with E-state index in [-0.39, 0.29) is 0 Å². The Morgan fingerprint density at radius 1 is 0.362 bits per heavy atom. The van der Waals surface area contributed by atoms with E-state index in [1.165, 1.54) is 104 Å². The van der Waals surface area contributed by atoms with Gasteiger partial charge in [0.2, 0.25) is 0 Å². The Kier molecular flexibility index (Phi) is 14.0. The number of H-pyrrole nitrogens is 1. The van der Waals surface area contributed by atoms with Crippen molar-refractivity contribution < 1.29 is 5.11 Å². The molecule has 69 heavy (non-hydrogen) atoms. The van der Waals surface area contributed by atoms with Gasteiger partial charge in [-0.3, -0.25) is 0 Å². The van der Waals surface area contributed by atoms with Gasteiger partial charge in [-0.15, -0.1) is 0 Å². The molecule has 0 spiro atoms. The zero-order valence-corrected chi connectivity index (χ0v) is 40.7. The molecular formula is C67H61NO. The lowest BCUT2D eigenvalue weighted by atomic mass is 9.94. The molecule has 0 saturated heterocycles. The van der Waals surface area contributed by atoms with Gasteiger partial charge in [0.25, 0.3) is 0 Å². The van der Waals surface area contributed by atoms with E-state index < -0.39 is 0 Å². The van der Waals surface area contributed by atoms with Crippen LogP contribution < -0.4 is 0 Å². The summed E-state index contributed by atoms with van der Waals surface area (Å²) in [5, 5.41) is 19.6. The minimum absolute atomic E-state index is 0.357. The molecule has 12 aromatic rings. The molecular weight excluding hydrogens is 835 g/mol. The van der Waals surface area contributed by atoms with Gasteiger partial charge in [-0.05, 0) is 120 Å². The van der Waals surface area contributed by atoms with E-state index in [0.29, 0.717) is 17.6 Å². The second-order valence-corrected chi connectivity index (χ2v) is 18.3. The van der Waals surface area contributed by atoms with Crippen LogP contribution >= 0.6 is 0 Å². The third-order valence-corrected chi connectivity index (χ3v) is 13.3. The molecule has 0 saturated carbocycles. The lowest BCUT2D eigenvalue weighted by Gasteiger charge is -2.11. The molecule has 1 aliphatic carbocycles. The molecule has 0 unspecified atom stereocenters. The molecule has 0 radical (unpaired) electrons. The summed E-state index contributed by atoms with van der Waals surface area (Å²) in [7, 11) is 0. The number of para-hydroxylation sites is 1. The van der Waals surface area contributed by atoms with E-state index in [0.717, 1.165) is 11.8 Å². The molecule has 340 valence electrons. The van der Waals surface area contributed by atoms with E-state index in [1.807, 2.05) is 38.1 Å². The van der Waals surface area contributed by atoms with Gasteiger partial charge in [-0.1, -0.05) is 242 Å². The molecule has 13 rings (SSSR count). The van der Waals surface area contributed by atoms with Crippen LogP contribution in [0.25, 0.3) is 87.5 Å². The van der Waals surface area contributed by atoms with Gasteiger partial charge in [0.1, 0.15) is 5.75 Å². The van der Waals surface area contributed by atoms with Crippen LogP contribution in [0.5, 0.6) is 5.75 Å². The Labute approximate surface area is 407 Å². The summed E-state index contributed by atoms with van der Waals surface area (Å²) in [6.07, 6.45) is 1.06. The molecule has 0 bridgehead atoms. The van der Waals surface area contributed by atoms with Crippen LogP contribution in [0.2, 0.25) is 0 Å². The number of nitrogens with one attached hydrogen (secondary N) is 1. The highest BCUT2D eigenvalue weighted by molar-refractivity contribution is 6.24. The van der Waals surface area contributed by atoms with Gasteiger partial charge in [-0.25, -0.2) is 0 Å². The lowest BCUT2D eigenvalue weighted by molar-refractivity contribution is 0.482. The number of rotatable bonds is 4. The fraction of sp³-hybridized carbons (Fsp3) is 0.134. The molecule has 0 aliphatic heterocycles. The standard InChI is InChI=1S/C19H13N.C16H10O.2C15H16.C2H6/c1-2-6-14-12(5-1)9-13-10-17-15-7-3-4-8-18(15)20-19(17)11-16(13)14;17-14-9-7-12-5-4-10-2-1-3-11-6-8-13(14)16(12)15(10)11;2*1-12(2)13-8-10-15(11-9-13)14-6-4-3-5-7-14;1-2/h1-8,10-11,20H,9H2;1-9,17H;2*3-12H,1-2H3;1-2H3. The molecule has 2 heteroatoms. The summed E-state index contributed by atoms with van der Waals surface area (Å²) < 4.78 is 0. The minimum Gasteiger partial charge on any atom is -0.507 e. The fourth-order valence-corrected chi connectivity index (χ4v) is 9.58. The molecule has 1 heterocycles. The van der Waals surface area contributed by atoms with Gasteiger partial charge in [0.15, 0.2) is 0 Å². The minimum atomic E-state index is 0.357. The molecule has 0 fully saturated rings. The van der Waals surface area contributed by atoms with Gasteiger partial charge in [0.05, 0.1) is 0 Å². The highest BCUT2D eigenvalue weighted by atomic mass is 16.3. The molecule has 1 aliphatic rings. The average molecular weight is 896 g/mol. The third-order valence-electron chi connectivity index (χ3n) is 13.3. The van der Waals surface area contributed by atoms with E-state index in [9.17, 15) is 5.11 Å². The average Bonchev–Trinajstić information content (AvgIpc) is 3.96. The summed E-state index contributed by atoms with van der Waals surface area (Å²) in [6, 6.07) is 78.9. The van der Waals surface area contributed by atoms with Crippen LogP contribution in [0.1, 0.15) is 75.6 Å².